The first kappa shape index (κ1) is 12.5. The van der Waals surface area contributed by atoms with Crippen LogP contribution in [0.5, 0.6) is 0 Å². The average Bonchev–Trinajstić information content (AvgIpc) is 3.00. The van der Waals surface area contributed by atoms with Crippen LogP contribution in [0.3, 0.4) is 0 Å². The van der Waals surface area contributed by atoms with Crippen LogP contribution in [0.25, 0.3) is 0 Å². The van der Waals surface area contributed by atoms with Gasteiger partial charge in [-0.3, -0.25) is 9.78 Å². The van der Waals surface area contributed by atoms with E-state index in [1.165, 1.54) is 24.2 Å². The smallest absolute Gasteiger partial charge is 0.265 e. The lowest BCUT2D eigenvalue weighted by Gasteiger charge is -2.24. The van der Waals surface area contributed by atoms with Crippen molar-refractivity contribution < 1.29 is 4.79 Å². The summed E-state index contributed by atoms with van der Waals surface area (Å²) in [6.45, 7) is 4.84. The highest BCUT2D eigenvalue weighted by Gasteiger charge is 2.22. The highest BCUT2D eigenvalue weighted by atomic mass is 32.1. The number of carbonyl (C=O) groups is 1. The van der Waals surface area contributed by atoms with Gasteiger partial charge in [-0.25, -0.2) is 0 Å². The lowest BCUT2D eigenvalue weighted by molar-refractivity contribution is 0.0746. The molecular formula is C12H19N3OS. The molecule has 1 fully saturated rings. The molecule has 1 N–H and O–H groups in total. The quantitative estimate of drug-likeness (QED) is 0.869. The highest BCUT2D eigenvalue weighted by molar-refractivity contribution is 7.11. The zero-order valence-corrected chi connectivity index (χ0v) is 11.0. The molecule has 94 valence electrons. The molecule has 1 aromatic rings. The van der Waals surface area contributed by atoms with Gasteiger partial charge in [0.25, 0.3) is 5.91 Å². The monoisotopic (exact) mass is 253 g/mol. The molecule has 1 aromatic heterocycles. The molecule has 1 aliphatic rings. The van der Waals surface area contributed by atoms with Gasteiger partial charge in [-0.2, -0.15) is 0 Å². The average molecular weight is 253 g/mol. The molecule has 4 nitrogen and oxygen atoms in total. The Kier molecular flexibility index (Phi) is 4.50. The first-order valence-electron chi connectivity index (χ1n) is 6.22. The fourth-order valence-electron chi connectivity index (χ4n) is 2.20. The van der Waals surface area contributed by atoms with Crippen LogP contribution in [-0.4, -0.2) is 41.5 Å². The Bertz CT molecular complexity index is 347. The van der Waals surface area contributed by atoms with Crippen LogP contribution < -0.4 is 5.32 Å². The summed E-state index contributed by atoms with van der Waals surface area (Å²) < 4.78 is 0. The van der Waals surface area contributed by atoms with Crippen LogP contribution in [-0.2, 0) is 0 Å². The van der Waals surface area contributed by atoms with E-state index in [0.717, 1.165) is 30.9 Å². The summed E-state index contributed by atoms with van der Waals surface area (Å²) in [5.41, 5.74) is 1.71. The van der Waals surface area contributed by atoms with E-state index in [9.17, 15) is 4.79 Å². The SMILES string of the molecule is CCCN(CC1CCCN1)C(=O)c1cncs1. The van der Waals surface area contributed by atoms with Crippen LogP contribution in [0.4, 0.5) is 0 Å². The number of hydrogen-bond donors (Lipinski definition) is 1. The largest absolute Gasteiger partial charge is 0.336 e. The van der Waals surface area contributed by atoms with Gasteiger partial charge in [-0.05, 0) is 25.8 Å². The van der Waals surface area contributed by atoms with Crippen molar-refractivity contribution in [3.63, 3.8) is 0 Å². The number of aromatic nitrogens is 1. The molecule has 5 heteroatoms. The van der Waals surface area contributed by atoms with Crippen molar-refractivity contribution in [2.75, 3.05) is 19.6 Å². The highest BCUT2D eigenvalue weighted by Crippen LogP contribution is 2.13. The number of hydrogen-bond acceptors (Lipinski definition) is 4. The number of nitrogens with one attached hydrogen (secondary N) is 1. The molecule has 0 spiro atoms. The fraction of sp³-hybridized carbons (Fsp3) is 0.667. The van der Waals surface area contributed by atoms with Gasteiger partial charge in [0.2, 0.25) is 0 Å². The molecule has 1 amide bonds. The van der Waals surface area contributed by atoms with Gasteiger partial charge in [0.05, 0.1) is 11.7 Å². The van der Waals surface area contributed by atoms with E-state index in [1.807, 2.05) is 4.90 Å². The maximum absolute atomic E-state index is 12.3. The summed E-state index contributed by atoms with van der Waals surface area (Å²) in [5.74, 6) is 0.128. The Balaban J connectivity index is 1.98. The Hall–Kier alpha value is -0.940. The van der Waals surface area contributed by atoms with Crippen molar-refractivity contribution in [2.45, 2.75) is 32.2 Å². The van der Waals surface area contributed by atoms with Crippen molar-refractivity contribution in [3.05, 3.63) is 16.6 Å². The minimum Gasteiger partial charge on any atom is -0.336 e. The van der Waals surface area contributed by atoms with Crippen molar-refractivity contribution in [1.82, 2.24) is 15.2 Å². The van der Waals surface area contributed by atoms with Gasteiger partial charge in [0, 0.05) is 19.1 Å². The lowest BCUT2D eigenvalue weighted by atomic mass is 10.2. The topological polar surface area (TPSA) is 45.2 Å². The molecule has 0 aliphatic carbocycles. The van der Waals surface area contributed by atoms with E-state index < -0.39 is 0 Å². The molecule has 2 rings (SSSR count). The Labute approximate surface area is 106 Å². The maximum Gasteiger partial charge on any atom is 0.265 e. The number of amides is 1. The third-order valence-corrected chi connectivity index (χ3v) is 3.79. The summed E-state index contributed by atoms with van der Waals surface area (Å²) in [6, 6.07) is 0.471. The Morgan fingerprint density at radius 3 is 3.18 bits per heavy atom. The molecule has 1 saturated heterocycles. The molecule has 17 heavy (non-hydrogen) atoms. The molecule has 0 radical (unpaired) electrons. The number of rotatable bonds is 5. The molecule has 0 bridgehead atoms. The van der Waals surface area contributed by atoms with Crippen molar-refractivity contribution in [1.29, 1.82) is 0 Å². The molecule has 0 saturated carbocycles. The van der Waals surface area contributed by atoms with Gasteiger partial charge in [-0.1, -0.05) is 6.92 Å². The molecule has 1 atom stereocenters. The minimum absolute atomic E-state index is 0.128. The van der Waals surface area contributed by atoms with Gasteiger partial charge in [0.15, 0.2) is 0 Å². The molecule has 1 aliphatic heterocycles. The van der Waals surface area contributed by atoms with Crippen LogP contribution in [0, 0.1) is 0 Å². The standard InChI is InChI=1S/C12H19N3OS/c1-2-6-15(8-10-4-3-5-14-10)12(16)11-7-13-9-17-11/h7,9-10,14H,2-6,8H2,1H3. The second kappa shape index (κ2) is 6.12. The summed E-state index contributed by atoms with van der Waals surface area (Å²) >= 11 is 1.42. The zero-order chi connectivity index (χ0) is 12.1. The van der Waals surface area contributed by atoms with E-state index in [1.54, 1.807) is 11.7 Å². The fourth-order valence-corrected chi connectivity index (χ4v) is 2.79. The number of nitrogens with zero attached hydrogens (tertiary/aromatic N) is 2. The predicted octanol–water partition coefficient (Wildman–Crippen LogP) is 1.75. The number of carbonyl (C=O) groups excluding carboxylic acids is 1. The van der Waals surface area contributed by atoms with E-state index >= 15 is 0 Å². The predicted molar refractivity (Wildman–Crippen MR) is 69.3 cm³/mol. The summed E-state index contributed by atoms with van der Waals surface area (Å²) in [5, 5.41) is 3.44. The van der Waals surface area contributed by atoms with Crippen LogP contribution in [0.1, 0.15) is 35.9 Å². The number of thiazole rings is 1. The van der Waals surface area contributed by atoms with Gasteiger partial charge in [-0.15, -0.1) is 11.3 Å². The molecule has 1 unspecified atom stereocenters. The van der Waals surface area contributed by atoms with Crippen LogP contribution >= 0.6 is 11.3 Å². The third kappa shape index (κ3) is 3.26. The molecular weight excluding hydrogens is 234 g/mol. The van der Waals surface area contributed by atoms with Crippen LogP contribution in [0.2, 0.25) is 0 Å². The second-order valence-corrected chi connectivity index (χ2v) is 5.30. The lowest BCUT2D eigenvalue weighted by Crippen LogP contribution is -2.41. The Morgan fingerprint density at radius 2 is 2.59 bits per heavy atom. The van der Waals surface area contributed by atoms with Crippen molar-refractivity contribution in [3.8, 4) is 0 Å². The first-order valence-corrected chi connectivity index (χ1v) is 7.10. The van der Waals surface area contributed by atoms with Gasteiger partial charge >= 0.3 is 0 Å². The van der Waals surface area contributed by atoms with Crippen LogP contribution in [0.15, 0.2) is 11.7 Å². The Morgan fingerprint density at radius 1 is 1.71 bits per heavy atom. The summed E-state index contributed by atoms with van der Waals surface area (Å²) in [6.07, 6.45) is 5.06. The molecule has 2 heterocycles. The van der Waals surface area contributed by atoms with Gasteiger partial charge < -0.3 is 10.2 Å². The second-order valence-electron chi connectivity index (χ2n) is 4.41. The first-order chi connectivity index (χ1) is 8.31. The molecule has 0 aromatic carbocycles. The summed E-state index contributed by atoms with van der Waals surface area (Å²) in [7, 11) is 0. The minimum atomic E-state index is 0.128. The third-order valence-electron chi connectivity index (χ3n) is 3.03. The van der Waals surface area contributed by atoms with Gasteiger partial charge in [0.1, 0.15) is 4.88 Å². The van der Waals surface area contributed by atoms with Crippen molar-refractivity contribution >= 4 is 17.2 Å². The van der Waals surface area contributed by atoms with E-state index in [4.69, 9.17) is 0 Å². The van der Waals surface area contributed by atoms with Crippen molar-refractivity contribution in [2.24, 2.45) is 0 Å². The normalized spacial score (nSPS) is 19.5. The maximum atomic E-state index is 12.3. The zero-order valence-electron chi connectivity index (χ0n) is 10.2. The van der Waals surface area contributed by atoms with E-state index in [2.05, 4.69) is 17.2 Å². The van der Waals surface area contributed by atoms with E-state index in [-0.39, 0.29) is 5.91 Å². The van der Waals surface area contributed by atoms with E-state index in [0.29, 0.717) is 6.04 Å². The summed E-state index contributed by atoms with van der Waals surface area (Å²) in [4.78, 5) is 18.9.